The van der Waals surface area contributed by atoms with Gasteiger partial charge in [0, 0.05) is 0 Å². The van der Waals surface area contributed by atoms with Crippen molar-refractivity contribution < 1.29 is 9.18 Å². The first kappa shape index (κ1) is 15.4. The Kier molecular flexibility index (Phi) is 4.56. The summed E-state index contributed by atoms with van der Waals surface area (Å²) in [5, 5.41) is 0. The average Bonchev–Trinajstić information content (AvgIpc) is 2.52. The van der Waals surface area contributed by atoms with Crippen molar-refractivity contribution in [2.24, 2.45) is 0 Å². The van der Waals surface area contributed by atoms with Crippen molar-refractivity contribution in [2.75, 3.05) is 0 Å². The van der Waals surface area contributed by atoms with Gasteiger partial charge in [0.05, 0.1) is 11.0 Å². The summed E-state index contributed by atoms with van der Waals surface area (Å²) in [4.78, 5) is 13.1. The van der Waals surface area contributed by atoms with Crippen LogP contribution in [-0.2, 0) is 5.41 Å². The number of rotatable bonds is 5. The van der Waals surface area contributed by atoms with E-state index in [4.69, 9.17) is 0 Å². The zero-order valence-electron chi connectivity index (χ0n) is 12.8. The Labute approximate surface area is 125 Å². The molecule has 2 rings (SSSR count). The fourth-order valence-corrected chi connectivity index (χ4v) is 2.94. The fourth-order valence-electron chi connectivity index (χ4n) is 2.94. The number of hydrogen-bond donors (Lipinski definition) is 0. The molecule has 0 aliphatic heterocycles. The van der Waals surface area contributed by atoms with Crippen LogP contribution in [0, 0.1) is 12.7 Å². The van der Waals surface area contributed by atoms with Gasteiger partial charge in [-0.2, -0.15) is 0 Å². The molecular weight excluding hydrogens is 263 g/mol. The van der Waals surface area contributed by atoms with Gasteiger partial charge >= 0.3 is 0 Å². The molecule has 0 saturated heterocycles. The predicted octanol–water partition coefficient (Wildman–Crippen LogP) is 5.07. The normalized spacial score (nSPS) is 11.4. The minimum absolute atomic E-state index is 0.125. The summed E-state index contributed by atoms with van der Waals surface area (Å²) < 4.78 is 14.1. The van der Waals surface area contributed by atoms with Crippen molar-refractivity contribution in [3.8, 4) is 0 Å². The molecular formula is C19H21FO. The van der Waals surface area contributed by atoms with Crippen LogP contribution in [0.1, 0.15) is 48.2 Å². The molecule has 0 N–H and O–H groups in total. The Morgan fingerprint density at radius 3 is 2.24 bits per heavy atom. The molecule has 0 aliphatic carbocycles. The topological polar surface area (TPSA) is 17.1 Å². The quantitative estimate of drug-likeness (QED) is 0.700. The molecule has 2 aromatic carbocycles. The fraction of sp³-hybridized carbons (Fsp3) is 0.316. The summed E-state index contributed by atoms with van der Waals surface area (Å²) in [6.45, 7) is 5.85. The predicted molar refractivity (Wildman–Crippen MR) is 84.2 cm³/mol. The highest BCUT2D eigenvalue weighted by atomic mass is 19.1. The van der Waals surface area contributed by atoms with Gasteiger partial charge < -0.3 is 0 Å². The van der Waals surface area contributed by atoms with E-state index in [0.29, 0.717) is 12.8 Å². The third kappa shape index (κ3) is 2.76. The maximum absolute atomic E-state index is 14.1. The Hall–Kier alpha value is -1.96. The molecule has 2 aromatic rings. The first-order chi connectivity index (χ1) is 10.0. The van der Waals surface area contributed by atoms with Gasteiger partial charge in [0.1, 0.15) is 5.82 Å². The van der Waals surface area contributed by atoms with Crippen LogP contribution >= 0.6 is 0 Å². The monoisotopic (exact) mass is 284 g/mol. The van der Waals surface area contributed by atoms with E-state index in [9.17, 15) is 9.18 Å². The van der Waals surface area contributed by atoms with Crippen molar-refractivity contribution in [2.45, 2.75) is 39.0 Å². The zero-order valence-corrected chi connectivity index (χ0v) is 12.8. The second-order valence-corrected chi connectivity index (χ2v) is 5.47. The molecule has 0 saturated carbocycles. The number of Topliss-reactive ketones (excluding diaryl/α,β-unsaturated/α-hetero) is 1. The van der Waals surface area contributed by atoms with Crippen molar-refractivity contribution in [3.05, 3.63) is 71.0 Å². The third-order valence-electron chi connectivity index (χ3n) is 4.33. The van der Waals surface area contributed by atoms with Crippen molar-refractivity contribution in [3.63, 3.8) is 0 Å². The first-order valence-electron chi connectivity index (χ1n) is 7.41. The lowest BCUT2D eigenvalue weighted by Crippen LogP contribution is -2.35. The Morgan fingerprint density at radius 2 is 1.67 bits per heavy atom. The van der Waals surface area contributed by atoms with Gasteiger partial charge in [0.2, 0.25) is 0 Å². The van der Waals surface area contributed by atoms with E-state index in [-0.39, 0.29) is 11.3 Å². The summed E-state index contributed by atoms with van der Waals surface area (Å²) in [5.41, 5.74) is 1.40. The van der Waals surface area contributed by atoms with E-state index >= 15 is 0 Å². The van der Waals surface area contributed by atoms with Crippen molar-refractivity contribution >= 4 is 5.78 Å². The van der Waals surface area contributed by atoms with Gasteiger partial charge in [-0.05, 0) is 37.5 Å². The zero-order chi connectivity index (χ0) is 15.5. The molecule has 0 spiro atoms. The van der Waals surface area contributed by atoms with Crippen LogP contribution in [-0.4, -0.2) is 5.78 Å². The Morgan fingerprint density at radius 1 is 1.05 bits per heavy atom. The summed E-state index contributed by atoms with van der Waals surface area (Å²) in [6.07, 6.45) is 1.31. The lowest BCUT2D eigenvalue weighted by molar-refractivity contribution is 0.0868. The van der Waals surface area contributed by atoms with Crippen molar-refractivity contribution in [1.29, 1.82) is 0 Å². The highest BCUT2D eigenvalue weighted by Crippen LogP contribution is 2.36. The standard InChI is InChI=1S/C19H21FO/c1-4-19(5-2,15-9-7-6-8-10-15)18(21)16-13-14(3)11-12-17(16)20/h6-13H,4-5H2,1-3H3. The number of aryl methyl sites for hydroxylation is 1. The van der Waals surface area contributed by atoms with Crippen LogP contribution in [0.25, 0.3) is 0 Å². The summed E-state index contributed by atoms with van der Waals surface area (Å²) >= 11 is 0. The minimum atomic E-state index is -0.657. The second kappa shape index (κ2) is 6.21. The largest absolute Gasteiger partial charge is 0.293 e. The molecule has 0 radical (unpaired) electrons. The van der Waals surface area contributed by atoms with Crippen LogP contribution < -0.4 is 0 Å². The molecule has 1 nitrogen and oxygen atoms in total. The van der Waals surface area contributed by atoms with Gasteiger partial charge in [0.25, 0.3) is 0 Å². The molecule has 2 heteroatoms. The molecule has 0 aliphatic rings. The van der Waals surface area contributed by atoms with Crippen LogP contribution in [0.2, 0.25) is 0 Å². The molecule has 0 aromatic heterocycles. The number of hydrogen-bond acceptors (Lipinski definition) is 1. The second-order valence-electron chi connectivity index (χ2n) is 5.47. The number of halogens is 1. The van der Waals surface area contributed by atoms with E-state index in [1.54, 1.807) is 12.1 Å². The highest BCUT2D eigenvalue weighted by molar-refractivity contribution is 6.04. The van der Waals surface area contributed by atoms with E-state index in [1.165, 1.54) is 6.07 Å². The van der Waals surface area contributed by atoms with Crippen LogP contribution in [0.5, 0.6) is 0 Å². The van der Waals surface area contributed by atoms with Gasteiger partial charge in [-0.3, -0.25) is 4.79 Å². The molecule has 0 heterocycles. The van der Waals surface area contributed by atoms with Crippen LogP contribution in [0.15, 0.2) is 48.5 Å². The number of benzene rings is 2. The molecule has 21 heavy (non-hydrogen) atoms. The van der Waals surface area contributed by atoms with E-state index in [1.807, 2.05) is 51.1 Å². The SMILES string of the molecule is CCC(CC)(C(=O)c1cc(C)ccc1F)c1ccccc1. The summed E-state index contributed by atoms with van der Waals surface area (Å²) in [6, 6.07) is 14.4. The minimum Gasteiger partial charge on any atom is -0.293 e. The third-order valence-corrected chi connectivity index (χ3v) is 4.33. The number of carbonyl (C=O) groups is 1. The maximum Gasteiger partial charge on any atom is 0.176 e. The average molecular weight is 284 g/mol. The highest BCUT2D eigenvalue weighted by Gasteiger charge is 2.38. The van der Waals surface area contributed by atoms with Crippen LogP contribution in [0.3, 0.4) is 0 Å². The molecule has 110 valence electrons. The van der Waals surface area contributed by atoms with E-state index in [0.717, 1.165) is 11.1 Å². The first-order valence-corrected chi connectivity index (χ1v) is 7.41. The summed E-state index contributed by atoms with van der Waals surface area (Å²) in [5.74, 6) is -0.562. The molecule has 0 bridgehead atoms. The molecule has 0 amide bonds. The van der Waals surface area contributed by atoms with Gasteiger partial charge in [-0.25, -0.2) is 4.39 Å². The maximum atomic E-state index is 14.1. The van der Waals surface area contributed by atoms with Gasteiger partial charge in [-0.15, -0.1) is 0 Å². The van der Waals surface area contributed by atoms with Gasteiger partial charge in [0.15, 0.2) is 5.78 Å². The van der Waals surface area contributed by atoms with Crippen molar-refractivity contribution in [1.82, 2.24) is 0 Å². The van der Waals surface area contributed by atoms with Crippen LogP contribution in [0.4, 0.5) is 4.39 Å². The Bertz CT molecular complexity index is 627. The lowest BCUT2D eigenvalue weighted by atomic mass is 9.70. The smallest absolute Gasteiger partial charge is 0.176 e. The molecule has 0 fully saturated rings. The Balaban J connectivity index is 2.57. The summed E-state index contributed by atoms with van der Waals surface area (Å²) in [7, 11) is 0. The number of ketones is 1. The number of carbonyl (C=O) groups excluding carboxylic acids is 1. The van der Waals surface area contributed by atoms with E-state index in [2.05, 4.69) is 0 Å². The lowest BCUT2D eigenvalue weighted by Gasteiger charge is -2.31. The molecule has 0 unspecified atom stereocenters. The van der Waals surface area contributed by atoms with Gasteiger partial charge in [-0.1, -0.05) is 55.8 Å². The molecule has 0 atom stereocenters. The van der Waals surface area contributed by atoms with E-state index < -0.39 is 11.2 Å².